The van der Waals surface area contributed by atoms with Crippen LogP contribution in [0, 0.1) is 0 Å². The fourth-order valence-electron chi connectivity index (χ4n) is 3.98. The molecule has 0 aliphatic carbocycles. The summed E-state index contributed by atoms with van der Waals surface area (Å²) in [5.74, 6) is 0.926. The van der Waals surface area contributed by atoms with Crippen LogP contribution in [0.5, 0.6) is 5.75 Å². The molecule has 0 radical (unpaired) electrons. The minimum atomic E-state index is 0.698. The van der Waals surface area contributed by atoms with Crippen LogP contribution in [0.25, 0.3) is 32.6 Å². The molecule has 0 saturated carbocycles. The summed E-state index contributed by atoms with van der Waals surface area (Å²) < 4.78 is 13.7. The van der Waals surface area contributed by atoms with Gasteiger partial charge in [-0.1, -0.05) is 0 Å². The lowest BCUT2D eigenvalue weighted by molar-refractivity contribution is 0.0322. The van der Waals surface area contributed by atoms with Crippen LogP contribution in [0.3, 0.4) is 0 Å². The standard InChI is InChI=1S/C22H23N3O2/c1-24-21-3-2-18(27-11-8-25-6-9-26-10-7-25)14-20(21)19-12-17-15-23-5-4-16(17)13-22(19)24/h2-5,12-15H,6-11H2,1H3. The largest absolute Gasteiger partial charge is 0.492 e. The zero-order chi connectivity index (χ0) is 18.2. The summed E-state index contributed by atoms with van der Waals surface area (Å²) >= 11 is 0. The van der Waals surface area contributed by atoms with Gasteiger partial charge in [-0.3, -0.25) is 9.88 Å². The van der Waals surface area contributed by atoms with Gasteiger partial charge in [0, 0.05) is 66.3 Å². The number of morpholine rings is 1. The number of ether oxygens (including phenoxy) is 2. The average molecular weight is 361 g/mol. The summed E-state index contributed by atoms with van der Waals surface area (Å²) in [6, 6.07) is 12.9. The van der Waals surface area contributed by atoms with E-state index in [0.29, 0.717) is 6.61 Å². The van der Waals surface area contributed by atoms with Gasteiger partial charge in [-0.2, -0.15) is 0 Å². The first-order valence-corrected chi connectivity index (χ1v) is 9.48. The van der Waals surface area contributed by atoms with Crippen LogP contribution in [0.4, 0.5) is 0 Å². The summed E-state index contributed by atoms with van der Waals surface area (Å²) in [6.07, 6.45) is 3.77. The molecule has 0 bridgehead atoms. The highest BCUT2D eigenvalue weighted by atomic mass is 16.5. The van der Waals surface area contributed by atoms with Gasteiger partial charge in [0.25, 0.3) is 0 Å². The zero-order valence-electron chi connectivity index (χ0n) is 15.5. The van der Waals surface area contributed by atoms with E-state index >= 15 is 0 Å². The van der Waals surface area contributed by atoms with Gasteiger partial charge in [0.15, 0.2) is 0 Å². The summed E-state index contributed by atoms with van der Waals surface area (Å²) in [7, 11) is 2.12. The van der Waals surface area contributed by atoms with Gasteiger partial charge < -0.3 is 14.0 Å². The Bertz CT molecular complexity index is 1110. The number of pyridine rings is 1. The SMILES string of the molecule is Cn1c2ccc(OCCN3CCOCC3)cc2c2cc3cnccc3cc21. The van der Waals surface area contributed by atoms with E-state index in [0.717, 1.165) is 44.0 Å². The van der Waals surface area contributed by atoms with E-state index in [1.807, 2.05) is 12.4 Å². The molecule has 0 amide bonds. The third-order valence-electron chi connectivity index (χ3n) is 5.52. The number of nitrogens with zero attached hydrogens (tertiary/aromatic N) is 3. The molecule has 0 spiro atoms. The van der Waals surface area contributed by atoms with E-state index in [4.69, 9.17) is 9.47 Å². The topological polar surface area (TPSA) is 39.5 Å². The molecule has 2 aromatic carbocycles. The first-order valence-electron chi connectivity index (χ1n) is 9.48. The minimum absolute atomic E-state index is 0.698. The number of hydrogen-bond donors (Lipinski definition) is 0. The van der Waals surface area contributed by atoms with Gasteiger partial charge in [-0.05, 0) is 41.8 Å². The Morgan fingerprint density at radius 2 is 1.85 bits per heavy atom. The van der Waals surface area contributed by atoms with Crippen LogP contribution in [-0.4, -0.2) is 53.9 Å². The van der Waals surface area contributed by atoms with Gasteiger partial charge in [0.2, 0.25) is 0 Å². The van der Waals surface area contributed by atoms with Crippen LogP contribution in [0.2, 0.25) is 0 Å². The lowest BCUT2D eigenvalue weighted by atomic mass is 10.1. The number of benzene rings is 2. The molecule has 138 valence electrons. The number of aryl methyl sites for hydroxylation is 1. The molecule has 5 heteroatoms. The van der Waals surface area contributed by atoms with Crippen molar-refractivity contribution in [2.45, 2.75) is 0 Å². The third kappa shape index (κ3) is 3.03. The Morgan fingerprint density at radius 3 is 2.74 bits per heavy atom. The molecule has 27 heavy (non-hydrogen) atoms. The summed E-state index contributed by atoms with van der Waals surface area (Å²) in [5.41, 5.74) is 2.45. The second-order valence-corrected chi connectivity index (χ2v) is 7.13. The molecule has 1 fully saturated rings. The maximum Gasteiger partial charge on any atom is 0.120 e. The van der Waals surface area contributed by atoms with Gasteiger partial charge >= 0.3 is 0 Å². The van der Waals surface area contributed by atoms with Crippen molar-refractivity contribution in [1.29, 1.82) is 0 Å². The van der Waals surface area contributed by atoms with Crippen molar-refractivity contribution < 1.29 is 9.47 Å². The van der Waals surface area contributed by atoms with E-state index in [2.05, 4.69) is 57.9 Å². The van der Waals surface area contributed by atoms with E-state index in [9.17, 15) is 0 Å². The molecular formula is C22H23N3O2. The molecule has 2 aromatic heterocycles. The number of rotatable bonds is 4. The van der Waals surface area contributed by atoms with Crippen LogP contribution in [0.15, 0.2) is 48.8 Å². The molecular weight excluding hydrogens is 338 g/mol. The Kier molecular flexibility index (Phi) is 4.19. The Labute approximate surface area is 158 Å². The summed E-state index contributed by atoms with van der Waals surface area (Å²) in [6.45, 7) is 5.27. The Balaban J connectivity index is 1.46. The van der Waals surface area contributed by atoms with Crippen LogP contribution in [-0.2, 0) is 11.8 Å². The molecule has 1 aliphatic rings. The van der Waals surface area contributed by atoms with Crippen LogP contribution < -0.4 is 4.74 Å². The first-order chi connectivity index (χ1) is 13.3. The molecule has 4 aromatic rings. The van der Waals surface area contributed by atoms with Gasteiger partial charge in [0.05, 0.1) is 13.2 Å². The summed E-state index contributed by atoms with van der Waals surface area (Å²) in [4.78, 5) is 6.65. The lowest BCUT2D eigenvalue weighted by Crippen LogP contribution is -2.38. The second-order valence-electron chi connectivity index (χ2n) is 7.13. The predicted molar refractivity (Wildman–Crippen MR) is 108 cm³/mol. The number of fused-ring (bicyclic) bond motifs is 4. The van der Waals surface area contributed by atoms with Crippen molar-refractivity contribution >= 4 is 32.6 Å². The van der Waals surface area contributed by atoms with E-state index in [1.165, 1.54) is 27.2 Å². The Hall–Kier alpha value is -2.63. The van der Waals surface area contributed by atoms with Crippen LogP contribution in [0.1, 0.15) is 0 Å². The maximum absolute atomic E-state index is 6.06. The van der Waals surface area contributed by atoms with Crippen molar-refractivity contribution in [3.63, 3.8) is 0 Å². The quantitative estimate of drug-likeness (QED) is 0.557. The monoisotopic (exact) mass is 361 g/mol. The maximum atomic E-state index is 6.06. The summed E-state index contributed by atoms with van der Waals surface area (Å²) in [5, 5.41) is 4.84. The van der Waals surface area contributed by atoms with E-state index in [-0.39, 0.29) is 0 Å². The van der Waals surface area contributed by atoms with E-state index < -0.39 is 0 Å². The molecule has 0 atom stereocenters. The highest BCUT2D eigenvalue weighted by Crippen LogP contribution is 2.33. The predicted octanol–water partition coefficient (Wildman–Crippen LogP) is 3.59. The van der Waals surface area contributed by atoms with Crippen LogP contribution >= 0.6 is 0 Å². The van der Waals surface area contributed by atoms with Crippen molar-refractivity contribution in [3.8, 4) is 5.75 Å². The Morgan fingerprint density at radius 1 is 1.00 bits per heavy atom. The molecule has 0 unspecified atom stereocenters. The molecule has 1 aliphatic heterocycles. The molecule has 5 rings (SSSR count). The van der Waals surface area contributed by atoms with Gasteiger partial charge in [-0.15, -0.1) is 0 Å². The molecule has 0 N–H and O–H groups in total. The minimum Gasteiger partial charge on any atom is -0.492 e. The first kappa shape index (κ1) is 16.5. The highest BCUT2D eigenvalue weighted by molar-refractivity contribution is 6.12. The fourth-order valence-corrected chi connectivity index (χ4v) is 3.98. The average Bonchev–Trinajstić information content (AvgIpc) is 2.98. The zero-order valence-corrected chi connectivity index (χ0v) is 15.5. The normalized spacial score (nSPS) is 15.7. The number of aromatic nitrogens is 2. The highest BCUT2D eigenvalue weighted by Gasteiger charge is 2.12. The van der Waals surface area contributed by atoms with Crippen molar-refractivity contribution in [1.82, 2.24) is 14.5 Å². The molecule has 1 saturated heterocycles. The van der Waals surface area contributed by atoms with E-state index in [1.54, 1.807) is 0 Å². The van der Waals surface area contributed by atoms with Crippen molar-refractivity contribution in [3.05, 3.63) is 48.8 Å². The second kappa shape index (κ2) is 6.83. The van der Waals surface area contributed by atoms with Crippen molar-refractivity contribution in [2.75, 3.05) is 39.5 Å². The molecule has 3 heterocycles. The van der Waals surface area contributed by atoms with Gasteiger partial charge in [-0.25, -0.2) is 0 Å². The third-order valence-corrected chi connectivity index (χ3v) is 5.52. The van der Waals surface area contributed by atoms with Crippen molar-refractivity contribution in [2.24, 2.45) is 7.05 Å². The lowest BCUT2D eigenvalue weighted by Gasteiger charge is -2.26. The van der Waals surface area contributed by atoms with Gasteiger partial charge in [0.1, 0.15) is 12.4 Å². The fraction of sp³-hybridized carbons (Fsp3) is 0.318. The smallest absolute Gasteiger partial charge is 0.120 e. The number of hydrogen-bond acceptors (Lipinski definition) is 4. The molecule has 5 nitrogen and oxygen atoms in total.